The maximum absolute atomic E-state index is 13.8. The van der Waals surface area contributed by atoms with E-state index in [1.165, 1.54) is 6.92 Å². The minimum atomic E-state index is -1.71. The lowest BCUT2D eigenvalue weighted by Crippen LogP contribution is -2.56. The maximum atomic E-state index is 13.8. The van der Waals surface area contributed by atoms with Crippen LogP contribution >= 0.6 is 15.9 Å². The van der Waals surface area contributed by atoms with Crippen LogP contribution in [0, 0.1) is 11.8 Å². The fourth-order valence-electron chi connectivity index (χ4n) is 5.07. The molecule has 4 atom stereocenters. The highest BCUT2D eigenvalue weighted by atomic mass is 79.9. The molecule has 1 aliphatic rings. The van der Waals surface area contributed by atoms with Crippen molar-refractivity contribution in [3.63, 3.8) is 0 Å². The molecule has 4 unspecified atom stereocenters. The van der Waals surface area contributed by atoms with Gasteiger partial charge in [-0.05, 0) is 55.8 Å². The molecule has 0 spiro atoms. The number of carbonyl (C=O) groups is 3. The van der Waals surface area contributed by atoms with Crippen LogP contribution in [-0.4, -0.2) is 34.9 Å². The van der Waals surface area contributed by atoms with E-state index >= 15 is 0 Å². The van der Waals surface area contributed by atoms with Crippen LogP contribution in [0.25, 0.3) is 0 Å². The summed E-state index contributed by atoms with van der Waals surface area (Å²) < 4.78 is 6.71. The van der Waals surface area contributed by atoms with E-state index in [0.29, 0.717) is 33.8 Å². The molecule has 2 amide bonds. The van der Waals surface area contributed by atoms with Crippen molar-refractivity contribution in [2.75, 3.05) is 17.2 Å². The first-order chi connectivity index (χ1) is 18.2. The molecule has 198 valence electrons. The van der Waals surface area contributed by atoms with Crippen LogP contribution in [-0.2, 0) is 14.4 Å². The number of ether oxygens (including phenoxy) is 1. The fraction of sp³-hybridized carbons (Fsp3) is 0.300. The highest BCUT2D eigenvalue weighted by molar-refractivity contribution is 9.10. The van der Waals surface area contributed by atoms with Crippen molar-refractivity contribution in [1.29, 1.82) is 0 Å². The monoisotopic (exact) mass is 578 g/mol. The number of carbonyl (C=O) groups excluding carboxylic acids is 3. The normalized spacial score (nSPS) is 22.9. The van der Waals surface area contributed by atoms with Gasteiger partial charge < -0.3 is 20.5 Å². The first kappa shape index (κ1) is 27.5. The Kier molecular flexibility index (Phi) is 8.64. The SMILES string of the molecule is CCCOc1ccc(Br)cc1C1C(C(=O)Nc2ccccc2)C(=O)CC(C)(O)C1C(=O)Nc1ccccc1. The lowest BCUT2D eigenvalue weighted by Gasteiger charge is -2.44. The number of aliphatic hydroxyl groups is 1. The zero-order valence-electron chi connectivity index (χ0n) is 21.3. The molecule has 0 heterocycles. The van der Waals surface area contributed by atoms with Crippen LogP contribution in [0.4, 0.5) is 11.4 Å². The highest BCUT2D eigenvalue weighted by Gasteiger charge is 2.56. The molecule has 0 saturated heterocycles. The largest absolute Gasteiger partial charge is 0.493 e. The van der Waals surface area contributed by atoms with Gasteiger partial charge in [0.05, 0.1) is 18.1 Å². The lowest BCUT2D eigenvalue weighted by atomic mass is 9.61. The Morgan fingerprint density at radius 2 is 1.55 bits per heavy atom. The van der Waals surface area contributed by atoms with E-state index in [-0.39, 0.29) is 6.42 Å². The number of Topliss-reactive ketones (excluding diaryl/α,β-unsaturated/α-hetero) is 1. The first-order valence-electron chi connectivity index (χ1n) is 12.6. The molecular weight excluding hydrogens is 548 g/mol. The number of hydrogen-bond acceptors (Lipinski definition) is 5. The number of benzene rings is 3. The molecule has 1 fully saturated rings. The van der Waals surface area contributed by atoms with E-state index in [1.807, 2.05) is 19.1 Å². The van der Waals surface area contributed by atoms with Gasteiger partial charge in [0.2, 0.25) is 11.8 Å². The standard InChI is InChI=1S/C30H31BrN2O5/c1-3-16-38-24-15-14-19(31)17-22(24)25-26(28(35)32-20-10-6-4-7-11-20)23(34)18-30(2,37)27(25)29(36)33-21-12-8-5-9-13-21/h4-15,17,25-27,37H,3,16,18H2,1-2H3,(H,32,35)(H,33,36). The highest BCUT2D eigenvalue weighted by Crippen LogP contribution is 2.49. The van der Waals surface area contributed by atoms with Crippen LogP contribution in [0.15, 0.2) is 83.3 Å². The molecular formula is C30H31BrN2O5. The Bertz CT molecular complexity index is 1300. The van der Waals surface area contributed by atoms with Crippen LogP contribution in [0.3, 0.4) is 0 Å². The summed E-state index contributed by atoms with van der Waals surface area (Å²) in [6.45, 7) is 3.86. The Morgan fingerprint density at radius 3 is 2.13 bits per heavy atom. The van der Waals surface area contributed by atoms with Gasteiger partial charge in [-0.1, -0.05) is 59.3 Å². The van der Waals surface area contributed by atoms with Gasteiger partial charge in [-0.3, -0.25) is 14.4 Å². The number of anilines is 2. The van der Waals surface area contributed by atoms with Crippen molar-refractivity contribution in [3.05, 3.63) is 88.9 Å². The molecule has 8 heteroatoms. The molecule has 0 bridgehead atoms. The third-order valence-electron chi connectivity index (χ3n) is 6.71. The summed E-state index contributed by atoms with van der Waals surface area (Å²) in [5.74, 6) is -4.38. The summed E-state index contributed by atoms with van der Waals surface area (Å²) >= 11 is 3.49. The molecule has 0 aromatic heterocycles. The van der Waals surface area contributed by atoms with Crippen molar-refractivity contribution in [1.82, 2.24) is 0 Å². The molecule has 3 aromatic carbocycles. The minimum Gasteiger partial charge on any atom is -0.493 e. The predicted octanol–water partition coefficient (Wildman–Crippen LogP) is 5.56. The third-order valence-corrected chi connectivity index (χ3v) is 7.20. The van der Waals surface area contributed by atoms with Crippen LogP contribution in [0.5, 0.6) is 5.75 Å². The van der Waals surface area contributed by atoms with Crippen LogP contribution < -0.4 is 15.4 Å². The van der Waals surface area contributed by atoms with Gasteiger partial charge in [0.15, 0.2) is 0 Å². The number of para-hydroxylation sites is 2. The fourth-order valence-corrected chi connectivity index (χ4v) is 5.45. The van der Waals surface area contributed by atoms with E-state index in [1.54, 1.807) is 66.7 Å². The Morgan fingerprint density at radius 1 is 0.974 bits per heavy atom. The topological polar surface area (TPSA) is 105 Å². The predicted molar refractivity (Wildman–Crippen MR) is 150 cm³/mol. The molecule has 3 N–H and O–H groups in total. The second-order valence-corrected chi connectivity index (χ2v) is 10.6. The van der Waals surface area contributed by atoms with E-state index < -0.39 is 41.0 Å². The summed E-state index contributed by atoms with van der Waals surface area (Å²) in [7, 11) is 0. The van der Waals surface area contributed by atoms with Gasteiger partial charge >= 0.3 is 0 Å². The minimum absolute atomic E-state index is 0.345. The Labute approximate surface area is 230 Å². The average molecular weight is 579 g/mol. The molecule has 7 nitrogen and oxygen atoms in total. The zero-order valence-corrected chi connectivity index (χ0v) is 22.9. The zero-order chi connectivity index (χ0) is 27.3. The number of nitrogens with one attached hydrogen (secondary N) is 2. The average Bonchev–Trinajstić information content (AvgIpc) is 2.88. The van der Waals surface area contributed by atoms with Crippen LogP contribution in [0.2, 0.25) is 0 Å². The van der Waals surface area contributed by atoms with E-state index in [9.17, 15) is 19.5 Å². The molecule has 0 aliphatic heterocycles. The summed E-state index contributed by atoms with van der Waals surface area (Å²) in [5.41, 5.74) is -0.133. The molecule has 1 saturated carbocycles. The summed E-state index contributed by atoms with van der Waals surface area (Å²) in [5, 5.41) is 17.2. The number of ketones is 1. The smallest absolute Gasteiger partial charge is 0.235 e. The van der Waals surface area contributed by atoms with Gasteiger partial charge in [0, 0.05) is 33.7 Å². The maximum Gasteiger partial charge on any atom is 0.235 e. The van der Waals surface area contributed by atoms with Gasteiger partial charge in [-0.2, -0.15) is 0 Å². The first-order valence-corrected chi connectivity index (χ1v) is 13.4. The third kappa shape index (κ3) is 6.14. The molecule has 0 radical (unpaired) electrons. The Balaban J connectivity index is 1.84. The number of amides is 2. The second kappa shape index (κ2) is 11.9. The van der Waals surface area contributed by atoms with Crippen molar-refractivity contribution >= 4 is 44.9 Å². The van der Waals surface area contributed by atoms with Gasteiger partial charge in [-0.25, -0.2) is 0 Å². The molecule has 1 aliphatic carbocycles. The van der Waals surface area contributed by atoms with Crippen molar-refractivity contribution in [2.24, 2.45) is 11.8 Å². The Hall–Kier alpha value is -3.49. The number of halogens is 1. The summed E-state index contributed by atoms with van der Waals surface area (Å²) in [6, 6.07) is 23.0. The van der Waals surface area contributed by atoms with Crippen molar-refractivity contribution in [3.8, 4) is 5.75 Å². The lowest BCUT2D eigenvalue weighted by molar-refractivity contribution is -0.150. The molecule has 3 aromatic rings. The number of rotatable bonds is 8. The van der Waals surface area contributed by atoms with Crippen LogP contribution in [0.1, 0.15) is 38.2 Å². The van der Waals surface area contributed by atoms with Gasteiger partial charge in [0.1, 0.15) is 17.5 Å². The molecule has 38 heavy (non-hydrogen) atoms. The second-order valence-electron chi connectivity index (χ2n) is 9.72. The van der Waals surface area contributed by atoms with E-state index in [0.717, 1.165) is 6.42 Å². The van der Waals surface area contributed by atoms with E-state index in [2.05, 4.69) is 26.6 Å². The van der Waals surface area contributed by atoms with Crippen molar-refractivity contribution < 1.29 is 24.2 Å². The van der Waals surface area contributed by atoms with E-state index in [4.69, 9.17) is 4.74 Å². The van der Waals surface area contributed by atoms with Gasteiger partial charge in [0.25, 0.3) is 0 Å². The quantitative estimate of drug-likeness (QED) is 0.304. The number of hydrogen-bond donors (Lipinski definition) is 3. The van der Waals surface area contributed by atoms with Gasteiger partial charge in [-0.15, -0.1) is 0 Å². The summed E-state index contributed by atoms with van der Waals surface area (Å²) in [6.07, 6.45) is 0.398. The molecule has 4 rings (SSSR count). The van der Waals surface area contributed by atoms with Crippen molar-refractivity contribution in [2.45, 2.75) is 38.2 Å². The summed E-state index contributed by atoms with van der Waals surface area (Å²) in [4.78, 5) is 41.1.